The normalized spacial score (nSPS) is 18.5. The molecule has 0 aliphatic carbocycles. The number of aryl methyl sites for hydroxylation is 3. The van der Waals surface area contributed by atoms with Crippen molar-refractivity contribution in [3.8, 4) is 0 Å². The molecule has 1 amide bonds. The quantitative estimate of drug-likeness (QED) is 0.906. The van der Waals surface area contributed by atoms with Crippen molar-refractivity contribution in [1.29, 1.82) is 0 Å². The highest BCUT2D eigenvalue weighted by Gasteiger charge is 2.22. The van der Waals surface area contributed by atoms with Crippen molar-refractivity contribution in [2.45, 2.75) is 52.4 Å². The molecule has 23 heavy (non-hydrogen) atoms. The van der Waals surface area contributed by atoms with Gasteiger partial charge in [-0.1, -0.05) is 23.8 Å². The van der Waals surface area contributed by atoms with Crippen LogP contribution < -0.4 is 0 Å². The van der Waals surface area contributed by atoms with Gasteiger partial charge in [-0.25, -0.2) is 0 Å². The number of carboxylic acid groups (broad SMARTS) is 1. The molecule has 1 N–H and O–H groups in total. The second kappa shape index (κ2) is 8.14. The molecular weight excluding hydrogens is 290 g/mol. The van der Waals surface area contributed by atoms with Crippen LogP contribution in [0.3, 0.4) is 0 Å². The molecule has 0 radical (unpaired) electrons. The van der Waals surface area contributed by atoms with Crippen LogP contribution in [0, 0.1) is 19.8 Å². The second-order valence-corrected chi connectivity index (χ2v) is 6.71. The van der Waals surface area contributed by atoms with Crippen molar-refractivity contribution < 1.29 is 14.7 Å². The van der Waals surface area contributed by atoms with Gasteiger partial charge in [0.15, 0.2) is 0 Å². The Balaban J connectivity index is 1.84. The number of amides is 1. The SMILES string of the molecule is Cc1ccc(CCC(=O)N2CCCC(CC(=O)O)CC2)c(C)c1. The third-order valence-electron chi connectivity index (χ3n) is 4.77. The monoisotopic (exact) mass is 317 g/mol. The van der Waals surface area contributed by atoms with Gasteiger partial charge in [0.1, 0.15) is 0 Å². The summed E-state index contributed by atoms with van der Waals surface area (Å²) in [5.41, 5.74) is 3.73. The molecule has 1 heterocycles. The number of carbonyl (C=O) groups is 2. The number of carboxylic acids is 1. The average molecular weight is 317 g/mol. The Morgan fingerprint density at radius 3 is 2.70 bits per heavy atom. The second-order valence-electron chi connectivity index (χ2n) is 6.71. The molecule has 1 aromatic carbocycles. The van der Waals surface area contributed by atoms with Gasteiger partial charge in [-0.2, -0.15) is 0 Å². The predicted octanol–water partition coefficient (Wildman–Crippen LogP) is 3.34. The molecule has 0 aromatic heterocycles. The maximum atomic E-state index is 12.4. The van der Waals surface area contributed by atoms with Crippen molar-refractivity contribution in [1.82, 2.24) is 4.90 Å². The average Bonchev–Trinajstić information content (AvgIpc) is 2.71. The molecule has 1 aliphatic rings. The zero-order valence-electron chi connectivity index (χ0n) is 14.2. The number of nitrogens with zero attached hydrogens (tertiary/aromatic N) is 1. The Labute approximate surface area is 138 Å². The van der Waals surface area contributed by atoms with Crippen LogP contribution in [0.25, 0.3) is 0 Å². The summed E-state index contributed by atoms with van der Waals surface area (Å²) in [4.78, 5) is 25.2. The molecule has 1 aromatic rings. The standard InChI is InChI=1S/C19H27NO3/c1-14-5-6-17(15(2)12-14)7-8-18(21)20-10-3-4-16(9-11-20)13-19(22)23/h5-6,12,16H,3-4,7-11,13H2,1-2H3,(H,22,23). The van der Waals surface area contributed by atoms with Gasteiger partial charge in [0.25, 0.3) is 0 Å². The number of benzene rings is 1. The lowest BCUT2D eigenvalue weighted by Crippen LogP contribution is -2.32. The fraction of sp³-hybridized carbons (Fsp3) is 0.579. The van der Waals surface area contributed by atoms with Gasteiger partial charge in [-0.15, -0.1) is 0 Å². The van der Waals surface area contributed by atoms with Crippen LogP contribution in [-0.4, -0.2) is 35.0 Å². The van der Waals surface area contributed by atoms with Crippen LogP contribution in [-0.2, 0) is 16.0 Å². The van der Waals surface area contributed by atoms with Crippen LogP contribution in [0.4, 0.5) is 0 Å². The summed E-state index contributed by atoms with van der Waals surface area (Å²) in [5, 5.41) is 8.91. The van der Waals surface area contributed by atoms with E-state index in [0.29, 0.717) is 13.0 Å². The first-order valence-electron chi connectivity index (χ1n) is 8.51. The van der Waals surface area contributed by atoms with Gasteiger partial charge in [0, 0.05) is 25.9 Å². The van der Waals surface area contributed by atoms with Crippen LogP contribution in [0.15, 0.2) is 18.2 Å². The maximum Gasteiger partial charge on any atom is 0.303 e. The molecule has 4 heteroatoms. The molecule has 4 nitrogen and oxygen atoms in total. The van der Waals surface area contributed by atoms with E-state index in [1.165, 1.54) is 16.7 Å². The maximum absolute atomic E-state index is 12.4. The fourth-order valence-corrected chi connectivity index (χ4v) is 3.39. The van der Waals surface area contributed by atoms with Gasteiger partial charge in [0.2, 0.25) is 5.91 Å². The zero-order valence-corrected chi connectivity index (χ0v) is 14.2. The molecule has 0 spiro atoms. The van der Waals surface area contributed by atoms with Gasteiger partial charge < -0.3 is 10.0 Å². The van der Waals surface area contributed by atoms with Crippen molar-refractivity contribution >= 4 is 11.9 Å². The summed E-state index contributed by atoms with van der Waals surface area (Å²) in [6, 6.07) is 6.36. The molecule has 126 valence electrons. The number of hydrogen-bond acceptors (Lipinski definition) is 2. The molecule has 1 unspecified atom stereocenters. The van der Waals surface area contributed by atoms with Crippen molar-refractivity contribution in [3.05, 3.63) is 34.9 Å². The van der Waals surface area contributed by atoms with E-state index in [-0.39, 0.29) is 18.2 Å². The molecule has 2 rings (SSSR count). The third-order valence-corrected chi connectivity index (χ3v) is 4.77. The van der Waals surface area contributed by atoms with Crippen LogP contribution in [0.5, 0.6) is 0 Å². The summed E-state index contributed by atoms with van der Waals surface area (Å²) in [7, 11) is 0. The summed E-state index contributed by atoms with van der Waals surface area (Å²) in [6.07, 6.45) is 4.17. The van der Waals surface area contributed by atoms with E-state index in [9.17, 15) is 9.59 Å². The number of hydrogen-bond donors (Lipinski definition) is 1. The summed E-state index contributed by atoms with van der Waals surface area (Å²) < 4.78 is 0. The molecule has 1 aliphatic heterocycles. The van der Waals surface area contributed by atoms with Crippen LogP contribution in [0.2, 0.25) is 0 Å². The van der Waals surface area contributed by atoms with Crippen molar-refractivity contribution in [3.63, 3.8) is 0 Å². The van der Waals surface area contributed by atoms with Crippen LogP contribution in [0.1, 0.15) is 48.8 Å². The molecular formula is C19H27NO3. The highest BCUT2D eigenvalue weighted by Crippen LogP contribution is 2.21. The lowest BCUT2D eigenvalue weighted by molar-refractivity contribution is -0.138. The molecule has 1 fully saturated rings. The van der Waals surface area contributed by atoms with Gasteiger partial charge in [-0.05, 0) is 56.6 Å². The van der Waals surface area contributed by atoms with E-state index in [2.05, 4.69) is 32.0 Å². The lowest BCUT2D eigenvalue weighted by Gasteiger charge is -2.21. The summed E-state index contributed by atoms with van der Waals surface area (Å²) in [6.45, 7) is 5.63. The molecule has 1 saturated heterocycles. The van der Waals surface area contributed by atoms with Crippen molar-refractivity contribution in [2.24, 2.45) is 5.92 Å². The largest absolute Gasteiger partial charge is 0.481 e. The Bertz CT molecular complexity index is 568. The van der Waals surface area contributed by atoms with E-state index in [0.717, 1.165) is 32.2 Å². The molecule has 0 bridgehead atoms. The van der Waals surface area contributed by atoms with E-state index in [1.807, 2.05) is 4.90 Å². The number of likely N-dealkylation sites (tertiary alicyclic amines) is 1. The number of aliphatic carboxylic acids is 1. The fourth-order valence-electron chi connectivity index (χ4n) is 3.39. The number of carbonyl (C=O) groups excluding carboxylic acids is 1. The predicted molar refractivity (Wildman–Crippen MR) is 90.4 cm³/mol. The van der Waals surface area contributed by atoms with E-state index in [4.69, 9.17) is 5.11 Å². The van der Waals surface area contributed by atoms with Gasteiger partial charge >= 0.3 is 5.97 Å². The Hall–Kier alpha value is -1.84. The summed E-state index contributed by atoms with van der Waals surface area (Å²) >= 11 is 0. The smallest absolute Gasteiger partial charge is 0.303 e. The minimum Gasteiger partial charge on any atom is -0.481 e. The first kappa shape index (κ1) is 17.5. The first-order chi connectivity index (χ1) is 11.0. The summed E-state index contributed by atoms with van der Waals surface area (Å²) in [5.74, 6) is -0.324. The highest BCUT2D eigenvalue weighted by atomic mass is 16.4. The van der Waals surface area contributed by atoms with Gasteiger partial charge in [0.05, 0.1) is 0 Å². The molecule has 1 atom stereocenters. The first-order valence-corrected chi connectivity index (χ1v) is 8.51. The van der Waals surface area contributed by atoms with E-state index >= 15 is 0 Å². The Kier molecular flexibility index (Phi) is 6.20. The topological polar surface area (TPSA) is 57.6 Å². The van der Waals surface area contributed by atoms with E-state index < -0.39 is 5.97 Å². The molecule has 0 saturated carbocycles. The third kappa shape index (κ3) is 5.38. The highest BCUT2D eigenvalue weighted by molar-refractivity contribution is 5.76. The number of rotatable bonds is 5. The lowest BCUT2D eigenvalue weighted by atomic mass is 9.97. The Morgan fingerprint density at radius 2 is 2.00 bits per heavy atom. The van der Waals surface area contributed by atoms with Crippen molar-refractivity contribution in [2.75, 3.05) is 13.1 Å². The minimum absolute atomic E-state index is 0.195. The minimum atomic E-state index is -0.732. The zero-order chi connectivity index (χ0) is 16.8. The van der Waals surface area contributed by atoms with Crippen LogP contribution >= 0.6 is 0 Å². The van der Waals surface area contributed by atoms with E-state index in [1.54, 1.807) is 0 Å². The Morgan fingerprint density at radius 1 is 1.22 bits per heavy atom. The van der Waals surface area contributed by atoms with Gasteiger partial charge in [-0.3, -0.25) is 9.59 Å².